The molecule has 0 spiro atoms. The van der Waals surface area contributed by atoms with Crippen molar-refractivity contribution in [2.75, 3.05) is 13.2 Å². The zero-order chi connectivity index (χ0) is 12.2. The molecule has 0 amide bonds. The molecule has 0 bridgehead atoms. The van der Waals surface area contributed by atoms with Crippen LogP contribution < -0.4 is 0 Å². The summed E-state index contributed by atoms with van der Waals surface area (Å²) in [6, 6.07) is 5.10. The number of rotatable bonds is 5. The summed E-state index contributed by atoms with van der Waals surface area (Å²) in [6.45, 7) is 5.52. The largest absolute Gasteiger partial charge is 0.393 e. The van der Waals surface area contributed by atoms with Gasteiger partial charge in [0.25, 0.3) is 0 Å². The van der Waals surface area contributed by atoms with Crippen LogP contribution in [0.5, 0.6) is 0 Å². The van der Waals surface area contributed by atoms with E-state index in [1.807, 2.05) is 0 Å². The van der Waals surface area contributed by atoms with E-state index in [4.69, 9.17) is 27.9 Å². The van der Waals surface area contributed by atoms with Gasteiger partial charge in [-0.1, -0.05) is 35.3 Å². The molecule has 4 heteroatoms. The second kappa shape index (κ2) is 5.69. The predicted octanol–water partition coefficient (Wildman–Crippen LogP) is 3.40. The van der Waals surface area contributed by atoms with E-state index in [2.05, 4.69) is 6.58 Å². The van der Waals surface area contributed by atoms with Gasteiger partial charge in [0.05, 0.1) is 13.2 Å². The topological polar surface area (TPSA) is 29.5 Å². The summed E-state index contributed by atoms with van der Waals surface area (Å²) in [5.74, 6) is 0. The molecule has 0 aromatic heterocycles. The van der Waals surface area contributed by atoms with E-state index >= 15 is 0 Å². The van der Waals surface area contributed by atoms with E-state index in [-0.39, 0.29) is 6.61 Å². The molecule has 88 valence electrons. The van der Waals surface area contributed by atoms with Gasteiger partial charge in [0, 0.05) is 15.6 Å². The zero-order valence-electron chi connectivity index (χ0n) is 9.04. The van der Waals surface area contributed by atoms with Crippen LogP contribution in [0.2, 0.25) is 10.0 Å². The van der Waals surface area contributed by atoms with E-state index in [1.165, 1.54) is 0 Å². The van der Waals surface area contributed by atoms with E-state index < -0.39 is 5.60 Å². The Kier molecular flexibility index (Phi) is 4.81. The Morgan fingerprint density at radius 3 is 2.69 bits per heavy atom. The minimum atomic E-state index is -0.837. The van der Waals surface area contributed by atoms with Crippen molar-refractivity contribution < 1.29 is 9.84 Å². The van der Waals surface area contributed by atoms with Crippen LogP contribution in [0.4, 0.5) is 0 Å². The molecule has 1 aromatic rings. The molecule has 1 unspecified atom stereocenters. The first-order valence-corrected chi connectivity index (χ1v) is 5.60. The van der Waals surface area contributed by atoms with Crippen molar-refractivity contribution in [1.82, 2.24) is 0 Å². The van der Waals surface area contributed by atoms with Crippen LogP contribution >= 0.6 is 23.2 Å². The van der Waals surface area contributed by atoms with Crippen molar-refractivity contribution in [3.8, 4) is 0 Å². The number of hydrogen-bond acceptors (Lipinski definition) is 2. The van der Waals surface area contributed by atoms with Crippen molar-refractivity contribution in [2.45, 2.75) is 12.5 Å². The Balaban J connectivity index is 3.06. The lowest BCUT2D eigenvalue weighted by Crippen LogP contribution is -2.30. The van der Waals surface area contributed by atoms with Gasteiger partial charge in [-0.2, -0.15) is 0 Å². The quantitative estimate of drug-likeness (QED) is 0.823. The fraction of sp³-hybridized carbons (Fsp3) is 0.333. The molecule has 0 aliphatic rings. The highest BCUT2D eigenvalue weighted by molar-refractivity contribution is 6.35. The number of ether oxygens (including phenoxy) is 1. The Morgan fingerprint density at radius 1 is 1.50 bits per heavy atom. The van der Waals surface area contributed by atoms with Crippen LogP contribution in [0.1, 0.15) is 12.5 Å². The smallest absolute Gasteiger partial charge is 0.115 e. The minimum absolute atomic E-state index is 0.164. The predicted molar refractivity (Wildman–Crippen MR) is 67.0 cm³/mol. The maximum atomic E-state index is 9.41. The summed E-state index contributed by atoms with van der Waals surface area (Å²) in [4.78, 5) is 0. The molecular weight excluding hydrogens is 247 g/mol. The number of benzene rings is 1. The molecule has 1 aromatic carbocycles. The summed E-state index contributed by atoms with van der Waals surface area (Å²) < 4.78 is 5.54. The molecule has 1 rings (SSSR count). The van der Waals surface area contributed by atoms with Crippen molar-refractivity contribution in [1.29, 1.82) is 0 Å². The minimum Gasteiger partial charge on any atom is -0.393 e. The first-order chi connectivity index (χ1) is 7.53. The van der Waals surface area contributed by atoms with Crippen molar-refractivity contribution in [3.63, 3.8) is 0 Å². The molecule has 16 heavy (non-hydrogen) atoms. The lowest BCUT2D eigenvalue weighted by atomic mass is 9.96. The summed E-state index contributed by atoms with van der Waals surface area (Å²) in [6.07, 6.45) is 1.62. The number of halogens is 2. The number of aliphatic hydroxyl groups is 1. The first-order valence-electron chi connectivity index (χ1n) is 4.85. The van der Waals surface area contributed by atoms with Gasteiger partial charge < -0.3 is 9.84 Å². The Hall–Kier alpha value is -0.540. The lowest BCUT2D eigenvalue weighted by Gasteiger charge is -2.28. The van der Waals surface area contributed by atoms with Gasteiger partial charge in [0.15, 0.2) is 0 Å². The fourth-order valence-electron chi connectivity index (χ4n) is 1.37. The Bertz CT molecular complexity index is 379. The molecule has 1 atom stereocenters. The zero-order valence-corrected chi connectivity index (χ0v) is 10.6. The first kappa shape index (κ1) is 13.5. The highest BCUT2D eigenvalue weighted by Crippen LogP contribution is 2.32. The summed E-state index contributed by atoms with van der Waals surface area (Å²) in [7, 11) is 0. The highest BCUT2D eigenvalue weighted by Gasteiger charge is 2.28. The Labute approximate surface area is 105 Å². The van der Waals surface area contributed by atoms with E-state index in [0.717, 1.165) is 0 Å². The molecule has 0 aliphatic carbocycles. The maximum absolute atomic E-state index is 9.41. The van der Waals surface area contributed by atoms with Gasteiger partial charge in [0.2, 0.25) is 0 Å². The summed E-state index contributed by atoms with van der Waals surface area (Å²) >= 11 is 11.9. The normalized spacial score (nSPS) is 14.5. The molecule has 0 aliphatic heterocycles. The van der Waals surface area contributed by atoms with Gasteiger partial charge in [-0.3, -0.25) is 0 Å². The van der Waals surface area contributed by atoms with E-state index in [0.29, 0.717) is 22.2 Å². The standard InChI is InChI=1S/C12H14Cl2O2/c1-3-6-16-12(2,8-15)10-5-4-9(13)7-11(10)14/h3-5,7,15H,1,6,8H2,2H3. The molecule has 0 heterocycles. The van der Waals surface area contributed by atoms with Gasteiger partial charge >= 0.3 is 0 Å². The van der Waals surface area contributed by atoms with E-state index in [1.54, 1.807) is 31.2 Å². The third-order valence-corrected chi connectivity index (χ3v) is 2.87. The average Bonchev–Trinajstić information content (AvgIpc) is 2.26. The summed E-state index contributed by atoms with van der Waals surface area (Å²) in [5, 5.41) is 10.4. The molecular formula is C12H14Cl2O2. The van der Waals surface area contributed by atoms with Crippen LogP contribution in [0.15, 0.2) is 30.9 Å². The average molecular weight is 261 g/mol. The summed E-state index contributed by atoms with van der Waals surface area (Å²) in [5.41, 5.74) is -0.126. The second-order valence-corrected chi connectivity index (χ2v) is 4.46. The lowest BCUT2D eigenvalue weighted by molar-refractivity contribution is -0.0596. The van der Waals surface area contributed by atoms with Crippen molar-refractivity contribution >= 4 is 23.2 Å². The molecule has 0 fully saturated rings. The van der Waals surface area contributed by atoms with Crippen LogP contribution in [0.25, 0.3) is 0 Å². The van der Waals surface area contributed by atoms with Crippen LogP contribution in [0.3, 0.4) is 0 Å². The fourth-order valence-corrected chi connectivity index (χ4v) is 1.98. The maximum Gasteiger partial charge on any atom is 0.115 e. The molecule has 0 saturated heterocycles. The number of aliphatic hydroxyl groups excluding tert-OH is 1. The number of hydrogen-bond donors (Lipinski definition) is 1. The third-order valence-electron chi connectivity index (χ3n) is 2.32. The van der Waals surface area contributed by atoms with Crippen LogP contribution in [0, 0.1) is 0 Å². The van der Waals surface area contributed by atoms with Crippen LogP contribution in [-0.4, -0.2) is 18.3 Å². The third kappa shape index (κ3) is 2.98. The van der Waals surface area contributed by atoms with Crippen molar-refractivity contribution in [2.24, 2.45) is 0 Å². The second-order valence-electron chi connectivity index (χ2n) is 3.61. The monoisotopic (exact) mass is 260 g/mol. The molecule has 2 nitrogen and oxygen atoms in total. The highest BCUT2D eigenvalue weighted by atomic mass is 35.5. The van der Waals surface area contributed by atoms with Gasteiger partial charge in [0.1, 0.15) is 5.60 Å². The SMILES string of the molecule is C=CCOC(C)(CO)c1ccc(Cl)cc1Cl. The molecule has 0 saturated carbocycles. The van der Waals surface area contributed by atoms with Gasteiger partial charge in [-0.05, 0) is 19.1 Å². The van der Waals surface area contributed by atoms with Gasteiger partial charge in [-0.15, -0.1) is 6.58 Å². The Morgan fingerprint density at radius 2 is 2.19 bits per heavy atom. The van der Waals surface area contributed by atoms with Crippen LogP contribution in [-0.2, 0) is 10.3 Å². The van der Waals surface area contributed by atoms with Crippen molar-refractivity contribution in [3.05, 3.63) is 46.5 Å². The van der Waals surface area contributed by atoms with E-state index in [9.17, 15) is 5.11 Å². The molecule has 0 radical (unpaired) electrons. The van der Waals surface area contributed by atoms with Gasteiger partial charge in [-0.25, -0.2) is 0 Å². The molecule has 1 N–H and O–H groups in total.